The summed E-state index contributed by atoms with van der Waals surface area (Å²) in [6, 6.07) is 5.77. The molecule has 1 heterocycles. The summed E-state index contributed by atoms with van der Waals surface area (Å²) in [6.45, 7) is 3.57. The summed E-state index contributed by atoms with van der Waals surface area (Å²) in [5.74, 6) is -0.0330. The first-order chi connectivity index (χ1) is 10.9. The molecule has 1 amide bonds. The van der Waals surface area contributed by atoms with Crippen molar-refractivity contribution < 1.29 is 17.9 Å². The molecule has 23 heavy (non-hydrogen) atoms. The lowest BCUT2D eigenvalue weighted by Gasteiger charge is -2.26. The third kappa shape index (κ3) is 4.76. The molecular weight excluding hydrogens is 316 g/mol. The van der Waals surface area contributed by atoms with E-state index in [2.05, 4.69) is 4.72 Å². The molecule has 0 aromatic heterocycles. The van der Waals surface area contributed by atoms with E-state index in [0.717, 1.165) is 32.4 Å². The molecule has 1 aliphatic heterocycles. The fourth-order valence-electron chi connectivity index (χ4n) is 2.67. The van der Waals surface area contributed by atoms with Crippen molar-refractivity contribution in [3.05, 3.63) is 29.8 Å². The Morgan fingerprint density at radius 1 is 1.22 bits per heavy atom. The van der Waals surface area contributed by atoms with Crippen molar-refractivity contribution >= 4 is 15.9 Å². The van der Waals surface area contributed by atoms with Crippen molar-refractivity contribution in [1.29, 1.82) is 0 Å². The summed E-state index contributed by atoms with van der Waals surface area (Å²) < 4.78 is 31.9. The number of sulfonamides is 1. The van der Waals surface area contributed by atoms with Crippen molar-refractivity contribution in [2.75, 3.05) is 26.8 Å². The number of nitrogens with zero attached hydrogens (tertiary/aromatic N) is 1. The molecule has 2 rings (SSSR count). The van der Waals surface area contributed by atoms with Gasteiger partial charge >= 0.3 is 0 Å². The second-order valence-corrected chi connectivity index (χ2v) is 7.57. The summed E-state index contributed by atoms with van der Waals surface area (Å²) in [5.41, 5.74) is 0.524. The lowest BCUT2D eigenvalue weighted by atomic mass is 10.1. The van der Waals surface area contributed by atoms with E-state index in [9.17, 15) is 13.2 Å². The molecule has 1 saturated heterocycles. The number of hydrogen-bond donors (Lipinski definition) is 1. The maximum atomic E-state index is 12.4. The van der Waals surface area contributed by atoms with Crippen molar-refractivity contribution in [2.24, 2.45) is 0 Å². The Kier molecular flexibility index (Phi) is 6.15. The smallest absolute Gasteiger partial charge is 0.253 e. The third-order valence-electron chi connectivity index (χ3n) is 3.83. The molecule has 0 saturated carbocycles. The van der Waals surface area contributed by atoms with Crippen molar-refractivity contribution in [1.82, 2.24) is 9.62 Å². The Morgan fingerprint density at radius 3 is 2.39 bits per heavy atom. The van der Waals surface area contributed by atoms with Crippen LogP contribution in [-0.4, -0.2) is 52.1 Å². The highest BCUT2D eigenvalue weighted by Crippen LogP contribution is 2.16. The molecule has 0 aliphatic carbocycles. The van der Waals surface area contributed by atoms with Crippen LogP contribution in [0.1, 0.15) is 36.5 Å². The summed E-state index contributed by atoms with van der Waals surface area (Å²) in [6.07, 6.45) is 3.21. The van der Waals surface area contributed by atoms with Crippen LogP contribution in [0.5, 0.6) is 0 Å². The maximum absolute atomic E-state index is 12.4. The van der Waals surface area contributed by atoms with E-state index in [1.807, 2.05) is 4.90 Å². The number of piperidine rings is 1. The van der Waals surface area contributed by atoms with Gasteiger partial charge in [0.25, 0.3) is 5.91 Å². The number of amides is 1. The minimum atomic E-state index is -3.60. The molecule has 1 aliphatic rings. The van der Waals surface area contributed by atoms with Crippen LogP contribution in [0.15, 0.2) is 29.2 Å². The van der Waals surface area contributed by atoms with Gasteiger partial charge in [-0.2, -0.15) is 0 Å². The average molecular weight is 340 g/mol. The lowest BCUT2D eigenvalue weighted by molar-refractivity contribution is 0.0724. The van der Waals surface area contributed by atoms with E-state index in [1.165, 1.54) is 19.2 Å². The SMILES string of the molecule is COC[C@H](C)NS(=O)(=O)c1ccc(C(=O)N2CCCCC2)cc1. The van der Waals surface area contributed by atoms with Crippen molar-refractivity contribution in [3.63, 3.8) is 0 Å². The molecule has 0 unspecified atom stereocenters. The van der Waals surface area contributed by atoms with Gasteiger partial charge in [-0.1, -0.05) is 0 Å². The topological polar surface area (TPSA) is 75.7 Å². The Bertz CT molecular complexity index is 622. The first-order valence-electron chi connectivity index (χ1n) is 7.84. The third-order valence-corrected chi connectivity index (χ3v) is 5.43. The number of ether oxygens (including phenoxy) is 1. The van der Waals surface area contributed by atoms with Crippen LogP contribution in [0.2, 0.25) is 0 Å². The molecule has 0 bridgehead atoms. The zero-order chi connectivity index (χ0) is 16.9. The van der Waals surface area contributed by atoms with Crippen molar-refractivity contribution in [3.8, 4) is 0 Å². The first kappa shape index (κ1) is 17.9. The van der Waals surface area contributed by atoms with Gasteiger partial charge < -0.3 is 9.64 Å². The van der Waals surface area contributed by atoms with Crippen molar-refractivity contribution in [2.45, 2.75) is 37.1 Å². The van der Waals surface area contributed by atoms with Gasteiger partial charge in [0.2, 0.25) is 10.0 Å². The number of rotatable bonds is 6. The number of carbonyl (C=O) groups excluding carboxylic acids is 1. The molecule has 1 fully saturated rings. The monoisotopic (exact) mass is 340 g/mol. The van der Waals surface area contributed by atoms with E-state index >= 15 is 0 Å². The standard InChI is InChI=1S/C16H24N2O4S/c1-13(12-22-2)17-23(20,21)15-8-6-14(7-9-15)16(19)18-10-4-3-5-11-18/h6-9,13,17H,3-5,10-12H2,1-2H3/t13-/m0/s1. The number of carbonyl (C=O) groups is 1. The van der Waals surface area contributed by atoms with E-state index in [1.54, 1.807) is 19.1 Å². The largest absolute Gasteiger partial charge is 0.383 e. The van der Waals surface area contributed by atoms with E-state index in [0.29, 0.717) is 12.2 Å². The predicted molar refractivity (Wildman–Crippen MR) is 87.9 cm³/mol. The minimum absolute atomic E-state index is 0.0330. The highest BCUT2D eigenvalue weighted by Gasteiger charge is 2.20. The number of likely N-dealkylation sites (tertiary alicyclic amines) is 1. The molecule has 1 atom stereocenters. The predicted octanol–water partition coefficient (Wildman–Crippen LogP) is 1.63. The molecule has 0 spiro atoms. The molecule has 0 radical (unpaired) electrons. The Balaban J connectivity index is 2.07. The van der Waals surface area contributed by atoms with E-state index in [-0.39, 0.29) is 16.8 Å². The van der Waals surface area contributed by atoms with E-state index < -0.39 is 10.0 Å². The number of nitrogens with one attached hydrogen (secondary N) is 1. The van der Waals surface area contributed by atoms with Gasteiger partial charge in [0.1, 0.15) is 0 Å². The van der Waals surface area contributed by atoms with E-state index in [4.69, 9.17) is 4.74 Å². The van der Waals surface area contributed by atoms with Gasteiger partial charge in [0.15, 0.2) is 0 Å². The summed E-state index contributed by atoms with van der Waals surface area (Å²) >= 11 is 0. The Morgan fingerprint density at radius 2 is 1.83 bits per heavy atom. The van der Waals surface area contributed by atoms with Crippen LogP contribution < -0.4 is 4.72 Å². The summed E-state index contributed by atoms with van der Waals surface area (Å²) in [5, 5.41) is 0. The molecular formula is C16H24N2O4S. The highest BCUT2D eigenvalue weighted by molar-refractivity contribution is 7.89. The highest BCUT2D eigenvalue weighted by atomic mass is 32.2. The fraction of sp³-hybridized carbons (Fsp3) is 0.562. The molecule has 1 aromatic carbocycles. The van der Waals surface area contributed by atoms with Crippen LogP contribution in [-0.2, 0) is 14.8 Å². The lowest BCUT2D eigenvalue weighted by Crippen LogP contribution is -2.36. The maximum Gasteiger partial charge on any atom is 0.253 e. The van der Waals surface area contributed by atoms with Crippen LogP contribution in [0.25, 0.3) is 0 Å². The van der Waals surface area contributed by atoms with Gasteiger partial charge in [-0.3, -0.25) is 4.79 Å². The molecule has 6 nitrogen and oxygen atoms in total. The second kappa shape index (κ2) is 7.90. The van der Waals surface area contributed by atoms with Crippen LogP contribution in [0.3, 0.4) is 0 Å². The fourth-order valence-corrected chi connectivity index (χ4v) is 3.90. The number of methoxy groups -OCH3 is 1. The summed E-state index contributed by atoms with van der Waals surface area (Å²) in [4.78, 5) is 14.3. The Hall–Kier alpha value is -1.44. The normalized spacial score (nSPS) is 17.0. The van der Waals surface area contributed by atoms with Crippen LogP contribution >= 0.6 is 0 Å². The number of hydrogen-bond acceptors (Lipinski definition) is 4. The van der Waals surface area contributed by atoms with Crippen LogP contribution in [0, 0.1) is 0 Å². The van der Waals surface area contributed by atoms with Crippen LogP contribution in [0.4, 0.5) is 0 Å². The van der Waals surface area contributed by atoms with Gasteiger partial charge in [0.05, 0.1) is 11.5 Å². The van der Waals surface area contributed by atoms with Gasteiger partial charge in [-0.15, -0.1) is 0 Å². The zero-order valence-electron chi connectivity index (χ0n) is 13.6. The molecule has 7 heteroatoms. The van der Waals surface area contributed by atoms with Gasteiger partial charge in [0, 0.05) is 31.8 Å². The number of benzene rings is 1. The quantitative estimate of drug-likeness (QED) is 0.854. The summed E-state index contributed by atoms with van der Waals surface area (Å²) in [7, 11) is -2.08. The molecule has 1 aromatic rings. The van der Waals surface area contributed by atoms with Gasteiger partial charge in [-0.25, -0.2) is 13.1 Å². The minimum Gasteiger partial charge on any atom is -0.383 e. The molecule has 128 valence electrons. The average Bonchev–Trinajstić information content (AvgIpc) is 2.55. The molecule has 1 N–H and O–H groups in total. The zero-order valence-corrected chi connectivity index (χ0v) is 14.4. The first-order valence-corrected chi connectivity index (χ1v) is 9.33. The van der Waals surface area contributed by atoms with Gasteiger partial charge in [-0.05, 0) is 50.5 Å². The Labute approximate surface area is 137 Å². The second-order valence-electron chi connectivity index (χ2n) is 5.85.